The largest absolute Gasteiger partial charge is 0.481 e. The molecular formula is C18H25NO3. The number of carbonyl (C=O) groups excluding carboxylic acids is 1. The van der Waals surface area contributed by atoms with Gasteiger partial charge in [0.1, 0.15) is 0 Å². The molecule has 0 aliphatic carbocycles. The average Bonchev–Trinajstić information content (AvgIpc) is 2.84. The van der Waals surface area contributed by atoms with Crippen LogP contribution in [0.1, 0.15) is 51.2 Å². The lowest BCUT2D eigenvalue weighted by Gasteiger charge is -2.26. The van der Waals surface area contributed by atoms with Crippen LogP contribution < -0.4 is 4.90 Å². The summed E-state index contributed by atoms with van der Waals surface area (Å²) in [6, 6.07) is 6.28. The van der Waals surface area contributed by atoms with E-state index in [1.54, 1.807) is 0 Å². The molecule has 120 valence electrons. The monoisotopic (exact) mass is 303 g/mol. The van der Waals surface area contributed by atoms with E-state index in [0.717, 1.165) is 31.5 Å². The van der Waals surface area contributed by atoms with Gasteiger partial charge in [0.05, 0.1) is 0 Å². The minimum Gasteiger partial charge on any atom is -0.481 e. The van der Waals surface area contributed by atoms with Crippen molar-refractivity contribution in [2.24, 2.45) is 5.41 Å². The molecule has 0 bridgehead atoms. The molecule has 0 atom stereocenters. The fraction of sp³-hybridized carbons (Fsp3) is 0.556. The second kappa shape index (κ2) is 6.51. The summed E-state index contributed by atoms with van der Waals surface area (Å²) in [5.74, 6) is -0.564. The van der Waals surface area contributed by atoms with Crippen molar-refractivity contribution in [3.8, 4) is 0 Å². The zero-order valence-electron chi connectivity index (χ0n) is 13.7. The lowest BCUT2D eigenvalue weighted by Crippen LogP contribution is -2.38. The maximum atomic E-state index is 12.5. The van der Waals surface area contributed by atoms with Crippen LogP contribution in [0, 0.1) is 5.41 Å². The van der Waals surface area contributed by atoms with Crippen LogP contribution in [0.2, 0.25) is 0 Å². The first kappa shape index (κ1) is 16.5. The highest BCUT2D eigenvalue weighted by atomic mass is 16.4. The number of benzene rings is 1. The van der Waals surface area contributed by atoms with Crippen LogP contribution in [0.4, 0.5) is 5.69 Å². The van der Waals surface area contributed by atoms with Gasteiger partial charge in [0.25, 0.3) is 0 Å². The molecule has 0 saturated carbocycles. The number of nitrogens with zero attached hydrogens (tertiary/aromatic N) is 1. The number of anilines is 1. The van der Waals surface area contributed by atoms with E-state index in [4.69, 9.17) is 5.11 Å². The van der Waals surface area contributed by atoms with Crippen LogP contribution in [0.3, 0.4) is 0 Å². The molecule has 22 heavy (non-hydrogen) atoms. The molecule has 1 aromatic rings. The van der Waals surface area contributed by atoms with Gasteiger partial charge in [-0.25, -0.2) is 0 Å². The number of hydrogen-bond acceptors (Lipinski definition) is 2. The fourth-order valence-corrected chi connectivity index (χ4v) is 2.83. The Morgan fingerprint density at radius 1 is 1.23 bits per heavy atom. The number of unbranched alkanes of at least 4 members (excludes halogenated alkanes) is 1. The molecule has 0 radical (unpaired) electrons. The molecule has 1 aliphatic rings. The Balaban J connectivity index is 2.01. The highest BCUT2D eigenvalue weighted by Gasteiger charge is 2.32. The number of fused-ring (bicyclic) bond motifs is 1. The van der Waals surface area contributed by atoms with Crippen LogP contribution in [-0.2, 0) is 22.4 Å². The van der Waals surface area contributed by atoms with Gasteiger partial charge in [-0.2, -0.15) is 0 Å². The van der Waals surface area contributed by atoms with Crippen LogP contribution >= 0.6 is 0 Å². The first-order chi connectivity index (χ1) is 10.3. The first-order valence-electron chi connectivity index (χ1n) is 7.94. The summed E-state index contributed by atoms with van der Waals surface area (Å²) in [6.07, 6.45) is 3.63. The van der Waals surface area contributed by atoms with Crippen LogP contribution in [0.15, 0.2) is 18.2 Å². The molecule has 1 N–H and O–H groups in total. The van der Waals surface area contributed by atoms with E-state index in [2.05, 4.69) is 12.1 Å². The predicted octanol–water partition coefficient (Wildman–Crippen LogP) is 3.42. The SMILES string of the molecule is CC(C)(C)C(=O)N1CCc2cc(CCCCC(=O)O)ccc21. The minimum absolute atomic E-state index is 0.167. The number of carboxylic acids is 1. The molecule has 0 saturated heterocycles. The molecule has 0 aromatic heterocycles. The summed E-state index contributed by atoms with van der Waals surface area (Å²) in [4.78, 5) is 24.9. The smallest absolute Gasteiger partial charge is 0.303 e. The second-order valence-corrected chi connectivity index (χ2v) is 7.02. The normalized spacial score (nSPS) is 14.0. The average molecular weight is 303 g/mol. The van der Waals surface area contributed by atoms with Gasteiger partial charge in [-0.05, 0) is 42.9 Å². The van der Waals surface area contributed by atoms with Crippen molar-refractivity contribution in [1.29, 1.82) is 0 Å². The number of amides is 1. The first-order valence-corrected chi connectivity index (χ1v) is 7.94. The lowest BCUT2D eigenvalue weighted by molar-refractivity contribution is -0.137. The van der Waals surface area contributed by atoms with Crippen molar-refractivity contribution >= 4 is 17.6 Å². The van der Waals surface area contributed by atoms with Crippen molar-refractivity contribution in [2.75, 3.05) is 11.4 Å². The number of hydrogen-bond donors (Lipinski definition) is 1. The van der Waals surface area contributed by atoms with Crippen LogP contribution in [0.5, 0.6) is 0 Å². The van der Waals surface area contributed by atoms with Gasteiger partial charge >= 0.3 is 5.97 Å². The Labute approximate surface area is 132 Å². The second-order valence-electron chi connectivity index (χ2n) is 7.02. The highest BCUT2D eigenvalue weighted by Crippen LogP contribution is 2.32. The van der Waals surface area contributed by atoms with E-state index in [9.17, 15) is 9.59 Å². The van der Waals surface area contributed by atoms with Gasteiger partial charge in [0, 0.05) is 24.1 Å². The summed E-state index contributed by atoms with van der Waals surface area (Å²) in [6.45, 7) is 6.60. The van der Waals surface area contributed by atoms with Crippen LogP contribution in [0.25, 0.3) is 0 Å². The van der Waals surface area contributed by atoms with Gasteiger partial charge in [0.2, 0.25) is 5.91 Å². The Kier molecular flexibility index (Phi) is 4.89. The Morgan fingerprint density at radius 2 is 1.95 bits per heavy atom. The van der Waals surface area contributed by atoms with Crippen molar-refractivity contribution in [3.05, 3.63) is 29.3 Å². The van der Waals surface area contributed by atoms with E-state index >= 15 is 0 Å². The summed E-state index contributed by atoms with van der Waals surface area (Å²) >= 11 is 0. The lowest BCUT2D eigenvalue weighted by atomic mass is 9.94. The van der Waals surface area contributed by atoms with Gasteiger partial charge in [-0.15, -0.1) is 0 Å². The third-order valence-corrected chi connectivity index (χ3v) is 4.03. The third kappa shape index (κ3) is 3.87. The summed E-state index contributed by atoms with van der Waals surface area (Å²) in [7, 11) is 0. The molecule has 0 fully saturated rings. The third-order valence-electron chi connectivity index (χ3n) is 4.03. The maximum absolute atomic E-state index is 12.5. The summed E-state index contributed by atoms with van der Waals surface area (Å²) < 4.78 is 0. The van der Waals surface area contributed by atoms with Gasteiger partial charge < -0.3 is 10.0 Å². The molecule has 2 rings (SSSR count). The van der Waals surface area contributed by atoms with Gasteiger partial charge in [-0.3, -0.25) is 9.59 Å². The molecule has 1 amide bonds. The van der Waals surface area contributed by atoms with E-state index < -0.39 is 5.97 Å². The van der Waals surface area contributed by atoms with Gasteiger partial charge in [-0.1, -0.05) is 32.9 Å². The van der Waals surface area contributed by atoms with E-state index in [0.29, 0.717) is 6.42 Å². The van der Waals surface area contributed by atoms with Gasteiger partial charge in [0.15, 0.2) is 0 Å². The molecule has 4 nitrogen and oxygen atoms in total. The Hall–Kier alpha value is -1.84. The molecule has 1 aromatic carbocycles. The highest BCUT2D eigenvalue weighted by molar-refractivity contribution is 5.98. The summed E-state index contributed by atoms with van der Waals surface area (Å²) in [5, 5.41) is 8.65. The van der Waals surface area contributed by atoms with E-state index in [-0.39, 0.29) is 17.7 Å². The number of rotatable bonds is 5. The zero-order valence-corrected chi connectivity index (χ0v) is 13.7. The van der Waals surface area contributed by atoms with Crippen molar-refractivity contribution in [1.82, 2.24) is 0 Å². The minimum atomic E-state index is -0.731. The molecule has 1 aliphatic heterocycles. The number of aliphatic carboxylic acids is 1. The van der Waals surface area contributed by atoms with Crippen molar-refractivity contribution in [3.63, 3.8) is 0 Å². The molecule has 1 heterocycles. The molecule has 4 heteroatoms. The molecule has 0 unspecified atom stereocenters. The maximum Gasteiger partial charge on any atom is 0.303 e. The van der Waals surface area contributed by atoms with Crippen LogP contribution in [-0.4, -0.2) is 23.5 Å². The Morgan fingerprint density at radius 3 is 2.59 bits per heavy atom. The Bertz CT molecular complexity index is 572. The van der Waals surface area contributed by atoms with E-state index in [1.807, 2.05) is 31.7 Å². The fourth-order valence-electron chi connectivity index (χ4n) is 2.83. The standard InChI is InChI=1S/C18H25NO3/c1-18(2,3)17(22)19-11-10-14-12-13(8-9-15(14)19)6-4-5-7-16(20)21/h8-9,12H,4-7,10-11H2,1-3H3,(H,20,21). The quantitative estimate of drug-likeness (QED) is 0.848. The van der Waals surface area contributed by atoms with E-state index in [1.165, 1.54) is 11.1 Å². The van der Waals surface area contributed by atoms with Crippen molar-refractivity contribution in [2.45, 2.75) is 52.9 Å². The predicted molar refractivity (Wildman–Crippen MR) is 87.1 cm³/mol. The van der Waals surface area contributed by atoms with Crippen molar-refractivity contribution < 1.29 is 14.7 Å². The molecule has 0 spiro atoms. The summed E-state index contributed by atoms with van der Waals surface area (Å²) in [5.41, 5.74) is 3.13. The number of carbonyl (C=O) groups is 2. The zero-order chi connectivity index (χ0) is 16.3. The molecular weight excluding hydrogens is 278 g/mol. The topological polar surface area (TPSA) is 57.6 Å². The number of aryl methyl sites for hydroxylation is 1. The number of carboxylic acid groups (broad SMARTS) is 1.